The summed E-state index contributed by atoms with van der Waals surface area (Å²) in [5.41, 5.74) is 1.90. The summed E-state index contributed by atoms with van der Waals surface area (Å²) >= 11 is 0. The molecule has 1 aromatic carbocycles. The van der Waals surface area contributed by atoms with E-state index in [0.717, 1.165) is 50.4 Å². The molecule has 1 aliphatic heterocycles. The Bertz CT molecular complexity index is 505. The molecule has 5 nitrogen and oxygen atoms in total. The number of hydrogen-bond acceptors (Lipinski definition) is 3. The van der Waals surface area contributed by atoms with Crippen molar-refractivity contribution in [2.45, 2.75) is 20.3 Å². The molecule has 0 radical (unpaired) electrons. The topological polar surface area (TPSA) is 53.9 Å². The molecule has 1 saturated heterocycles. The van der Waals surface area contributed by atoms with Crippen molar-refractivity contribution >= 4 is 17.4 Å². The number of piperazine rings is 1. The van der Waals surface area contributed by atoms with E-state index in [9.17, 15) is 9.59 Å². The van der Waals surface area contributed by atoms with Crippen LogP contribution in [0.25, 0.3) is 0 Å². The van der Waals surface area contributed by atoms with Gasteiger partial charge < -0.3 is 15.1 Å². The van der Waals surface area contributed by atoms with E-state index in [2.05, 4.69) is 17.1 Å². The van der Waals surface area contributed by atoms with Crippen LogP contribution in [0.3, 0.4) is 0 Å². The van der Waals surface area contributed by atoms with Crippen LogP contribution in [0, 0.1) is 0 Å². The van der Waals surface area contributed by atoms with Crippen molar-refractivity contribution < 1.29 is 14.5 Å². The van der Waals surface area contributed by atoms with Gasteiger partial charge in [-0.3, -0.25) is 9.59 Å². The highest BCUT2D eigenvalue weighted by atomic mass is 16.2. The maximum Gasteiger partial charge on any atom is 0.275 e. The van der Waals surface area contributed by atoms with Crippen molar-refractivity contribution in [2.24, 2.45) is 0 Å². The second kappa shape index (κ2) is 7.94. The van der Waals surface area contributed by atoms with Gasteiger partial charge in [0.25, 0.3) is 5.91 Å². The fourth-order valence-electron chi connectivity index (χ4n) is 2.72. The van der Waals surface area contributed by atoms with E-state index < -0.39 is 0 Å². The number of carbonyl (C=O) groups excluding carboxylic acids is 2. The Balaban J connectivity index is 1.81. The second-order valence-corrected chi connectivity index (χ2v) is 5.87. The molecule has 0 aliphatic carbocycles. The zero-order valence-corrected chi connectivity index (χ0v) is 13.5. The number of Topliss-reactive ketones (excluding diaryl/α,β-unsaturated/α-hetero) is 1. The van der Waals surface area contributed by atoms with Gasteiger partial charge in [-0.25, -0.2) is 0 Å². The van der Waals surface area contributed by atoms with Gasteiger partial charge in [-0.05, 0) is 37.6 Å². The number of ketones is 1. The Morgan fingerprint density at radius 2 is 1.82 bits per heavy atom. The highest BCUT2D eigenvalue weighted by molar-refractivity contribution is 5.94. The predicted molar refractivity (Wildman–Crippen MR) is 87.5 cm³/mol. The Hall–Kier alpha value is -1.88. The minimum Gasteiger partial charge on any atom is -0.360 e. The van der Waals surface area contributed by atoms with E-state index in [4.69, 9.17) is 0 Å². The first-order valence-electron chi connectivity index (χ1n) is 8.06. The van der Waals surface area contributed by atoms with E-state index in [1.165, 1.54) is 4.90 Å². The zero-order valence-electron chi connectivity index (χ0n) is 13.5. The van der Waals surface area contributed by atoms with Crippen LogP contribution in [0.2, 0.25) is 0 Å². The fraction of sp³-hybridized carbons (Fsp3) is 0.529. The number of nitrogens with zero attached hydrogens (tertiary/aromatic N) is 1. The summed E-state index contributed by atoms with van der Waals surface area (Å²) in [6, 6.07) is 7.79. The van der Waals surface area contributed by atoms with Crippen molar-refractivity contribution in [2.75, 3.05) is 44.2 Å². The van der Waals surface area contributed by atoms with Gasteiger partial charge >= 0.3 is 0 Å². The molecule has 1 amide bonds. The third kappa shape index (κ3) is 4.56. The van der Waals surface area contributed by atoms with Crippen molar-refractivity contribution in [1.82, 2.24) is 5.32 Å². The van der Waals surface area contributed by atoms with Gasteiger partial charge in [0, 0.05) is 17.8 Å². The summed E-state index contributed by atoms with van der Waals surface area (Å²) in [6.45, 7) is 8.79. The Morgan fingerprint density at radius 1 is 1.18 bits per heavy atom. The maximum atomic E-state index is 11.7. The van der Waals surface area contributed by atoms with E-state index in [-0.39, 0.29) is 11.7 Å². The molecule has 0 aromatic heterocycles. The van der Waals surface area contributed by atoms with E-state index >= 15 is 0 Å². The number of carbonyl (C=O) groups is 2. The highest BCUT2D eigenvalue weighted by Gasteiger charge is 2.22. The van der Waals surface area contributed by atoms with Crippen molar-refractivity contribution in [3.8, 4) is 0 Å². The molecule has 22 heavy (non-hydrogen) atoms. The monoisotopic (exact) mass is 304 g/mol. The third-order valence-corrected chi connectivity index (χ3v) is 4.09. The Kier molecular flexibility index (Phi) is 5.95. The minimum absolute atomic E-state index is 0.0962. The van der Waals surface area contributed by atoms with Gasteiger partial charge in [0.1, 0.15) is 0 Å². The largest absolute Gasteiger partial charge is 0.360 e. The molecule has 0 bridgehead atoms. The number of amides is 1. The first-order chi connectivity index (χ1) is 10.6. The van der Waals surface area contributed by atoms with E-state index in [1.54, 1.807) is 6.92 Å². The van der Waals surface area contributed by atoms with Crippen molar-refractivity contribution in [1.29, 1.82) is 0 Å². The minimum atomic E-state index is 0.0962. The quantitative estimate of drug-likeness (QED) is 0.734. The van der Waals surface area contributed by atoms with Crippen molar-refractivity contribution in [3.63, 3.8) is 0 Å². The number of rotatable bonds is 6. The molecule has 120 valence electrons. The average molecular weight is 304 g/mol. The van der Waals surface area contributed by atoms with Gasteiger partial charge in [-0.2, -0.15) is 0 Å². The molecule has 0 atom stereocenters. The lowest BCUT2D eigenvalue weighted by Gasteiger charge is -2.33. The number of anilines is 1. The van der Waals surface area contributed by atoms with Gasteiger partial charge in [0.15, 0.2) is 12.3 Å². The van der Waals surface area contributed by atoms with E-state index in [0.29, 0.717) is 6.54 Å². The summed E-state index contributed by atoms with van der Waals surface area (Å²) < 4.78 is 0. The molecule has 0 unspecified atom stereocenters. The molecule has 2 N–H and O–H groups in total. The first kappa shape index (κ1) is 16.5. The normalized spacial score (nSPS) is 15.6. The fourth-order valence-corrected chi connectivity index (χ4v) is 2.72. The van der Waals surface area contributed by atoms with Gasteiger partial charge in [0.2, 0.25) is 0 Å². The summed E-state index contributed by atoms with van der Waals surface area (Å²) in [4.78, 5) is 26.7. The van der Waals surface area contributed by atoms with Crippen molar-refractivity contribution in [3.05, 3.63) is 29.8 Å². The summed E-state index contributed by atoms with van der Waals surface area (Å²) in [5.74, 6) is 0.245. The van der Waals surface area contributed by atoms with Crippen LogP contribution in [0.5, 0.6) is 0 Å². The third-order valence-electron chi connectivity index (χ3n) is 4.09. The molecule has 1 fully saturated rings. The molecule has 0 spiro atoms. The van der Waals surface area contributed by atoms with Gasteiger partial charge in [-0.15, -0.1) is 0 Å². The van der Waals surface area contributed by atoms with Crippen LogP contribution < -0.4 is 15.1 Å². The molecule has 1 aromatic rings. The lowest BCUT2D eigenvalue weighted by atomic mass is 10.1. The van der Waals surface area contributed by atoms with Crippen LogP contribution in [-0.4, -0.2) is 51.0 Å². The lowest BCUT2D eigenvalue weighted by molar-refractivity contribution is -0.892. The Labute approximate surface area is 132 Å². The number of quaternary nitrogens is 1. The number of benzene rings is 1. The first-order valence-corrected chi connectivity index (χ1v) is 8.06. The smallest absolute Gasteiger partial charge is 0.275 e. The average Bonchev–Trinajstić information content (AvgIpc) is 2.54. The highest BCUT2D eigenvalue weighted by Crippen LogP contribution is 2.15. The molecule has 1 aliphatic rings. The standard InChI is InChI=1S/C17H25N3O2/c1-3-8-18-17(22)13-19-9-11-20(12-10-19)16-6-4-15(5-7-16)14(2)21/h4-7H,3,8-13H2,1-2H3,(H,18,22)/p+1. The van der Waals surface area contributed by atoms with Crippen LogP contribution in [0.15, 0.2) is 24.3 Å². The molecule has 1 heterocycles. The van der Waals surface area contributed by atoms with Gasteiger partial charge in [0.05, 0.1) is 26.2 Å². The van der Waals surface area contributed by atoms with Crippen LogP contribution in [0.4, 0.5) is 5.69 Å². The Morgan fingerprint density at radius 3 is 2.36 bits per heavy atom. The predicted octanol–water partition coefficient (Wildman–Crippen LogP) is 0.120. The maximum absolute atomic E-state index is 11.7. The summed E-state index contributed by atoms with van der Waals surface area (Å²) in [6.07, 6.45) is 0.977. The number of hydrogen-bond donors (Lipinski definition) is 2. The SMILES string of the molecule is CCCNC(=O)C[NH+]1CCN(c2ccc(C(C)=O)cc2)CC1. The second-order valence-electron chi connectivity index (χ2n) is 5.87. The van der Waals surface area contributed by atoms with Crippen LogP contribution in [-0.2, 0) is 4.79 Å². The number of nitrogens with one attached hydrogen (secondary N) is 2. The molecule has 0 saturated carbocycles. The van der Waals surface area contributed by atoms with Crippen LogP contribution >= 0.6 is 0 Å². The summed E-state index contributed by atoms with van der Waals surface area (Å²) in [5, 5.41) is 2.93. The lowest BCUT2D eigenvalue weighted by Crippen LogP contribution is -3.15. The zero-order chi connectivity index (χ0) is 15.9. The summed E-state index contributed by atoms with van der Waals surface area (Å²) in [7, 11) is 0. The molecular weight excluding hydrogens is 278 g/mol. The van der Waals surface area contributed by atoms with Gasteiger partial charge in [-0.1, -0.05) is 6.92 Å². The molecule has 2 rings (SSSR count). The van der Waals surface area contributed by atoms with Crippen LogP contribution in [0.1, 0.15) is 30.6 Å². The van der Waals surface area contributed by atoms with E-state index in [1.807, 2.05) is 24.3 Å². The molecule has 5 heteroatoms. The molecular formula is C17H26N3O2+.